The lowest BCUT2D eigenvalue weighted by Crippen LogP contribution is -2.16. The summed E-state index contributed by atoms with van der Waals surface area (Å²) in [6.07, 6.45) is 0. The van der Waals surface area contributed by atoms with Gasteiger partial charge in [-0.2, -0.15) is 0 Å². The molecule has 0 amide bonds. The van der Waals surface area contributed by atoms with Crippen molar-refractivity contribution < 1.29 is 32.2 Å². The fraction of sp³-hybridized carbons (Fsp3) is 0.103. The van der Waals surface area contributed by atoms with Crippen molar-refractivity contribution in [3.8, 4) is 22.6 Å². The predicted molar refractivity (Wildman–Crippen MR) is 148 cm³/mol. The first-order valence-electron chi connectivity index (χ1n) is 11.6. The summed E-state index contributed by atoms with van der Waals surface area (Å²) in [5, 5.41) is 0.174. The highest BCUT2D eigenvalue weighted by Crippen LogP contribution is 2.37. The molecular weight excluding hydrogens is 542 g/mol. The molecule has 200 valence electrons. The Hall–Kier alpha value is -4.34. The van der Waals surface area contributed by atoms with Gasteiger partial charge in [0.15, 0.2) is 12.4 Å². The number of esters is 1. The van der Waals surface area contributed by atoms with Crippen LogP contribution in [0.3, 0.4) is 0 Å². The van der Waals surface area contributed by atoms with E-state index in [2.05, 4.69) is 4.72 Å². The van der Waals surface area contributed by atoms with Crippen LogP contribution in [0.2, 0.25) is 5.02 Å². The van der Waals surface area contributed by atoms with Gasteiger partial charge in [0.05, 0.1) is 35.4 Å². The van der Waals surface area contributed by atoms with Crippen molar-refractivity contribution >= 4 is 39.1 Å². The molecule has 0 radical (unpaired) electrons. The molecule has 4 aromatic rings. The van der Waals surface area contributed by atoms with E-state index in [1.54, 1.807) is 12.1 Å². The third-order valence-corrected chi connectivity index (χ3v) is 7.41. The molecule has 0 fully saturated rings. The highest BCUT2D eigenvalue weighted by atomic mass is 35.5. The summed E-state index contributed by atoms with van der Waals surface area (Å²) < 4.78 is 44.0. The van der Waals surface area contributed by atoms with Gasteiger partial charge in [-0.1, -0.05) is 72.3 Å². The van der Waals surface area contributed by atoms with Crippen molar-refractivity contribution in [3.63, 3.8) is 0 Å². The van der Waals surface area contributed by atoms with E-state index in [9.17, 15) is 18.0 Å². The van der Waals surface area contributed by atoms with Crippen LogP contribution in [0.15, 0.2) is 95.9 Å². The largest absolute Gasteiger partial charge is 0.495 e. The van der Waals surface area contributed by atoms with Crippen LogP contribution in [-0.4, -0.2) is 41.0 Å². The Balaban J connectivity index is 1.44. The van der Waals surface area contributed by atoms with Crippen molar-refractivity contribution in [1.82, 2.24) is 0 Å². The first-order valence-corrected chi connectivity index (χ1v) is 13.5. The number of benzene rings is 4. The molecule has 0 aliphatic rings. The highest BCUT2D eigenvalue weighted by molar-refractivity contribution is 7.92. The molecule has 4 rings (SSSR count). The van der Waals surface area contributed by atoms with Gasteiger partial charge in [0.1, 0.15) is 11.5 Å². The number of sulfonamides is 1. The molecule has 0 bridgehead atoms. The number of ether oxygens (including phenoxy) is 3. The van der Waals surface area contributed by atoms with Gasteiger partial charge >= 0.3 is 5.97 Å². The van der Waals surface area contributed by atoms with Gasteiger partial charge in [0.25, 0.3) is 10.0 Å². The third-order valence-electron chi connectivity index (χ3n) is 5.75. The SMILES string of the molecule is COc1cc(OC)c(NS(=O)(=O)c2cccc(C(=O)OCC(=O)c3ccc(-c4ccccc4)cc3)c2)cc1Cl. The molecule has 39 heavy (non-hydrogen) atoms. The van der Waals surface area contributed by atoms with Crippen molar-refractivity contribution in [2.45, 2.75) is 4.90 Å². The molecule has 0 aromatic heterocycles. The molecule has 0 aliphatic carbocycles. The van der Waals surface area contributed by atoms with Crippen LogP contribution in [0.4, 0.5) is 5.69 Å². The van der Waals surface area contributed by atoms with E-state index in [1.165, 1.54) is 44.6 Å². The fourth-order valence-electron chi connectivity index (χ4n) is 3.71. The molecule has 8 nitrogen and oxygen atoms in total. The Kier molecular flexibility index (Phi) is 8.53. The number of hydrogen-bond acceptors (Lipinski definition) is 7. The number of anilines is 1. The van der Waals surface area contributed by atoms with Crippen LogP contribution in [-0.2, 0) is 14.8 Å². The lowest BCUT2D eigenvalue weighted by atomic mass is 10.0. The van der Waals surface area contributed by atoms with Crippen LogP contribution in [0.1, 0.15) is 20.7 Å². The quantitative estimate of drug-likeness (QED) is 0.189. The van der Waals surface area contributed by atoms with Gasteiger partial charge in [-0.05, 0) is 35.4 Å². The molecule has 0 atom stereocenters. The molecule has 0 spiro atoms. The second kappa shape index (κ2) is 12.0. The van der Waals surface area contributed by atoms with Gasteiger partial charge in [-0.3, -0.25) is 9.52 Å². The van der Waals surface area contributed by atoms with Gasteiger partial charge < -0.3 is 14.2 Å². The number of methoxy groups -OCH3 is 2. The minimum atomic E-state index is -4.14. The van der Waals surface area contributed by atoms with Crippen LogP contribution in [0, 0.1) is 0 Å². The van der Waals surface area contributed by atoms with Crippen LogP contribution < -0.4 is 14.2 Å². The molecule has 0 saturated heterocycles. The molecule has 0 saturated carbocycles. The number of rotatable bonds is 10. The smallest absolute Gasteiger partial charge is 0.338 e. The third kappa shape index (κ3) is 6.57. The van der Waals surface area contributed by atoms with Crippen molar-refractivity contribution in [1.29, 1.82) is 0 Å². The maximum atomic E-state index is 13.0. The summed E-state index contributed by atoms with van der Waals surface area (Å²) in [7, 11) is -1.35. The number of hydrogen-bond donors (Lipinski definition) is 1. The molecule has 10 heteroatoms. The van der Waals surface area contributed by atoms with Crippen molar-refractivity contribution in [2.75, 3.05) is 25.5 Å². The zero-order valence-electron chi connectivity index (χ0n) is 21.0. The van der Waals surface area contributed by atoms with E-state index >= 15 is 0 Å². The van der Waals surface area contributed by atoms with Crippen molar-refractivity contribution in [3.05, 3.63) is 107 Å². The van der Waals surface area contributed by atoms with E-state index < -0.39 is 28.4 Å². The lowest BCUT2D eigenvalue weighted by Gasteiger charge is -2.14. The standard InChI is InChI=1S/C29H24ClNO7S/c1-36-27-17-28(37-2)25(16-24(27)30)31-39(34,35)23-10-6-9-22(15-23)29(33)38-18-26(32)21-13-11-20(12-14-21)19-7-4-3-5-8-19/h3-17,31H,18H2,1-2H3. The summed E-state index contributed by atoms with van der Waals surface area (Å²) in [4.78, 5) is 25.0. The first kappa shape index (κ1) is 27.7. The monoisotopic (exact) mass is 565 g/mol. The number of ketones is 1. The maximum Gasteiger partial charge on any atom is 0.338 e. The summed E-state index contributed by atoms with van der Waals surface area (Å²) >= 11 is 6.14. The zero-order valence-corrected chi connectivity index (χ0v) is 22.6. The van der Waals surface area contributed by atoms with Gasteiger partial charge in [-0.15, -0.1) is 0 Å². The van der Waals surface area contributed by atoms with E-state index in [1.807, 2.05) is 42.5 Å². The first-order chi connectivity index (χ1) is 18.7. The Morgan fingerprint density at radius 1 is 0.769 bits per heavy atom. The predicted octanol–water partition coefficient (Wildman–Crippen LogP) is 5.86. The number of carbonyl (C=O) groups is 2. The zero-order chi connectivity index (χ0) is 28.0. The number of nitrogens with one attached hydrogen (secondary N) is 1. The van der Waals surface area contributed by atoms with Crippen LogP contribution >= 0.6 is 11.6 Å². The Labute approximate surface area is 231 Å². The van der Waals surface area contributed by atoms with E-state index in [4.69, 9.17) is 25.8 Å². The average molecular weight is 566 g/mol. The molecule has 1 N–H and O–H groups in total. The summed E-state index contributed by atoms with van der Waals surface area (Å²) in [5.41, 5.74) is 2.39. The Morgan fingerprint density at radius 2 is 1.44 bits per heavy atom. The second-order valence-electron chi connectivity index (χ2n) is 8.26. The summed E-state index contributed by atoms with van der Waals surface area (Å²) in [6, 6.07) is 24.7. The van der Waals surface area contributed by atoms with E-state index in [-0.39, 0.29) is 26.9 Å². The van der Waals surface area contributed by atoms with Gasteiger partial charge in [-0.25, -0.2) is 13.2 Å². The molecule has 0 aliphatic heterocycles. The normalized spacial score (nSPS) is 10.9. The average Bonchev–Trinajstić information content (AvgIpc) is 2.96. The number of halogens is 1. The molecule has 4 aromatic carbocycles. The minimum Gasteiger partial charge on any atom is -0.495 e. The van der Waals surface area contributed by atoms with Crippen molar-refractivity contribution in [2.24, 2.45) is 0 Å². The van der Waals surface area contributed by atoms with Crippen LogP contribution in [0.25, 0.3) is 11.1 Å². The van der Waals surface area contributed by atoms with Gasteiger partial charge in [0, 0.05) is 11.6 Å². The number of Topliss-reactive ketones (excluding diaryl/α,β-unsaturated/α-hetero) is 1. The second-order valence-corrected chi connectivity index (χ2v) is 10.4. The maximum absolute atomic E-state index is 13.0. The van der Waals surface area contributed by atoms with Crippen LogP contribution in [0.5, 0.6) is 11.5 Å². The lowest BCUT2D eigenvalue weighted by molar-refractivity contribution is 0.0474. The molecular formula is C29H24ClNO7S. The summed E-state index contributed by atoms with van der Waals surface area (Å²) in [5.74, 6) is -0.739. The van der Waals surface area contributed by atoms with Gasteiger partial charge in [0.2, 0.25) is 0 Å². The molecule has 0 heterocycles. The van der Waals surface area contributed by atoms with E-state index in [0.717, 1.165) is 17.2 Å². The topological polar surface area (TPSA) is 108 Å². The van der Waals surface area contributed by atoms with E-state index in [0.29, 0.717) is 11.3 Å². The Bertz CT molecular complexity index is 1600. The number of carbonyl (C=O) groups excluding carboxylic acids is 2. The fourth-order valence-corrected chi connectivity index (χ4v) is 5.06. The highest BCUT2D eigenvalue weighted by Gasteiger charge is 2.21. The Morgan fingerprint density at radius 3 is 2.10 bits per heavy atom. The summed E-state index contributed by atoms with van der Waals surface area (Å²) in [6.45, 7) is -0.500. The minimum absolute atomic E-state index is 0.0372. The molecule has 0 unspecified atom stereocenters.